The molecule has 0 atom stereocenters. The Hall–Kier alpha value is -4.30. The monoisotopic (exact) mass is 494 g/mol. The van der Waals surface area contributed by atoms with Gasteiger partial charge in [0, 0.05) is 44.5 Å². The predicted octanol–water partition coefficient (Wildman–Crippen LogP) is 4.12. The fourth-order valence-electron chi connectivity index (χ4n) is 4.42. The van der Waals surface area contributed by atoms with Crippen molar-refractivity contribution in [1.82, 2.24) is 29.5 Å². The average molecular weight is 495 g/mol. The second-order valence-corrected chi connectivity index (χ2v) is 8.94. The van der Waals surface area contributed by atoms with Crippen LogP contribution in [0.5, 0.6) is 5.75 Å². The number of methoxy groups -OCH3 is 1. The quantitative estimate of drug-likeness (QED) is 0.385. The number of aromatic nitrogens is 4. The van der Waals surface area contributed by atoms with E-state index in [1.165, 1.54) is 5.56 Å². The van der Waals surface area contributed by atoms with Crippen LogP contribution in [0.25, 0.3) is 23.3 Å². The normalized spacial score (nSPS) is 14.3. The highest BCUT2D eigenvalue weighted by Gasteiger charge is 2.25. The van der Waals surface area contributed by atoms with Crippen LogP contribution in [0.2, 0.25) is 0 Å². The summed E-state index contributed by atoms with van der Waals surface area (Å²) in [7, 11) is 1.64. The number of rotatable bonds is 7. The summed E-state index contributed by atoms with van der Waals surface area (Å²) in [5, 5.41) is 4.45. The summed E-state index contributed by atoms with van der Waals surface area (Å²) in [4.78, 5) is 26.7. The highest BCUT2D eigenvalue weighted by molar-refractivity contribution is 5.95. The summed E-state index contributed by atoms with van der Waals surface area (Å²) in [6.45, 7) is 5.80. The van der Waals surface area contributed by atoms with Crippen LogP contribution in [0.3, 0.4) is 0 Å². The van der Waals surface area contributed by atoms with Crippen LogP contribution in [-0.2, 0) is 0 Å². The summed E-state index contributed by atoms with van der Waals surface area (Å²) in [6.07, 6.45) is 7.64. The first-order chi connectivity index (χ1) is 18.1. The average Bonchev–Trinajstić information content (AvgIpc) is 3.35. The fourth-order valence-corrected chi connectivity index (χ4v) is 4.42. The van der Waals surface area contributed by atoms with Crippen molar-refractivity contribution in [2.75, 3.05) is 39.8 Å². The van der Waals surface area contributed by atoms with Crippen molar-refractivity contribution in [3.05, 3.63) is 96.0 Å². The molecule has 37 heavy (non-hydrogen) atoms. The van der Waals surface area contributed by atoms with E-state index in [-0.39, 0.29) is 5.91 Å². The standard InChI is InChI=1S/C29H30N6O2/c1-22-26(28(36)34-18-16-33(17-19-34)15-7-10-23-8-4-3-5-9-23)21-31-35(22)29-30-14-13-27(32-29)24-11-6-12-25(20-24)37-2/h3-14,20-21H,15-19H2,1-2H3/b10-7+. The van der Waals surface area contributed by atoms with Crippen molar-refractivity contribution >= 4 is 12.0 Å². The Labute approximate surface area is 216 Å². The Balaban J connectivity index is 1.24. The minimum Gasteiger partial charge on any atom is -0.497 e. The third kappa shape index (κ3) is 5.59. The summed E-state index contributed by atoms with van der Waals surface area (Å²) in [5.74, 6) is 1.17. The molecule has 1 fully saturated rings. The minimum atomic E-state index is -0.00724. The van der Waals surface area contributed by atoms with Crippen LogP contribution in [0, 0.1) is 6.92 Å². The number of hydrogen-bond acceptors (Lipinski definition) is 6. The van der Waals surface area contributed by atoms with E-state index < -0.39 is 0 Å². The van der Waals surface area contributed by atoms with E-state index in [0.29, 0.717) is 24.6 Å². The van der Waals surface area contributed by atoms with Crippen molar-refractivity contribution < 1.29 is 9.53 Å². The van der Waals surface area contributed by atoms with Crippen molar-refractivity contribution in [2.45, 2.75) is 6.92 Å². The fraction of sp³-hybridized carbons (Fsp3) is 0.241. The van der Waals surface area contributed by atoms with E-state index >= 15 is 0 Å². The molecule has 2 aromatic carbocycles. The number of carbonyl (C=O) groups is 1. The third-order valence-corrected chi connectivity index (χ3v) is 6.57. The molecule has 0 saturated carbocycles. The molecule has 3 heterocycles. The van der Waals surface area contributed by atoms with Crippen LogP contribution in [-0.4, -0.2) is 75.3 Å². The molecule has 1 aliphatic rings. The maximum atomic E-state index is 13.3. The summed E-state index contributed by atoms with van der Waals surface area (Å²) in [6, 6.07) is 19.8. The summed E-state index contributed by atoms with van der Waals surface area (Å²) < 4.78 is 6.96. The van der Waals surface area contributed by atoms with Crippen molar-refractivity contribution in [2.24, 2.45) is 0 Å². The Kier molecular flexibility index (Phi) is 7.37. The molecule has 0 radical (unpaired) electrons. The molecule has 0 bridgehead atoms. The first-order valence-electron chi connectivity index (χ1n) is 12.4. The molecule has 0 unspecified atom stereocenters. The highest BCUT2D eigenvalue weighted by Crippen LogP contribution is 2.23. The lowest BCUT2D eigenvalue weighted by atomic mass is 10.1. The van der Waals surface area contributed by atoms with Gasteiger partial charge in [-0.05, 0) is 30.7 Å². The molecule has 188 valence electrons. The van der Waals surface area contributed by atoms with Gasteiger partial charge in [0.05, 0.1) is 30.3 Å². The lowest BCUT2D eigenvalue weighted by Crippen LogP contribution is -2.48. The lowest BCUT2D eigenvalue weighted by molar-refractivity contribution is 0.0649. The molecule has 1 aliphatic heterocycles. The highest BCUT2D eigenvalue weighted by atomic mass is 16.5. The molecular formula is C29H30N6O2. The number of benzene rings is 2. The number of hydrogen-bond donors (Lipinski definition) is 0. The minimum absolute atomic E-state index is 0.00724. The second-order valence-electron chi connectivity index (χ2n) is 8.94. The molecule has 1 amide bonds. The van der Waals surface area contributed by atoms with Gasteiger partial charge >= 0.3 is 0 Å². The third-order valence-electron chi connectivity index (χ3n) is 6.57. The molecule has 8 heteroatoms. The van der Waals surface area contributed by atoms with Gasteiger partial charge in [-0.2, -0.15) is 5.10 Å². The lowest BCUT2D eigenvalue weighted by Gasteiger charge is -2.34. The zero-order valence-electron chi connectivity index (χ0n) is 21.1. The van der Waals surface area contributed by atoms with Crippen molar-refractivity contribution in [1.29, 1.82) is 0 Å². The summed E-state index contributed by atoms with van der Waals surface area (Å²) >= 11 is 0. The maximum Gasteiger partial charge on any atom is 0.257 e. The molecule has 2 aromatic heterocycles. The molecule has 0 N–H and O–H groups in total. The maximum absolute atomic E-state index is 13.3. The van der Waals surface area contributed by atoms with Gasteiger partial charge in [-0.3, -0.25) is 9.69 Å². The van der Waals surface area contributed by atoms with Crippen LogP contribution in [0.15, 0.2) is 79.1 Å². The topological polar surface area (TPSA) is 76.4 Å². The van der Waals surface area contributed by atoms with Gasteiger partial charge in [-0.1, -0.05) is 54.6 Å². The Bertz CT molecular complexity index is 1390. The van der Waals surface area contributed by atoms with Gasteiger partial charge in [0.2, 0.25) is 0 Å². The smallest absolute Gasteiger partial charge is 0.257 e. The SMILES string of the molecule is COc1cccc(-c2ccnc(-n3ncc(C(=O)N4CCN(C/C=C/c5ccccc5)CC4)c3C)n2)c1. The predicted molar refractivity (Wildman–Crippen MR) is 144 cm³/mol. The number of piperazine rings is 1. The zero-order chi connectivity index (χ0) is 25.6. The molecule has 5 rings (SSSR count). The molecule has 8 nitrogen and oxygen atoms in total. The van der Waals surface area contributed by atoms with E-state index in [4.69, 9.17) is 9.72 Å². The van der Waals surface area contributed by atoms with Gasteiger partial charge < -0.3 is 9.64 Å². The Morgan fingerprint density at radius 3 is 2.62 bits per heavy atom. The summed E-state index contributed by atoms with van der Waals surface area (Å²) in [5.41, 5.74) is 4.17. The van der Waals surface area contributed by atoms with Crippen LogP contribution in [0.1, 0.15) is 21.6 Å². The molecule has 1 saturated heterocycles. The van der Waals surface area contributed by atoms with Gasteiger partial charge in [0.15, 0.2) is 0 Å². The van der Waals surface area contributed by atoms with Crippen molar-refractivity contribution in [3.63, 3.8) is 0 Å². The van der Waals surface area contributed by atoms with E-state index in [9.17, 15) is 4.79 Å². The Morgan fingerprint density at radius 1 is 1.03 bits per heavy atom. The molecule has 0 spiro atoms. The second kappa shape index (κ2) is 11.2. The number of amides is 1. The van der Waals surface area contributed by atoms with Gasteiger partial charge in [-0.25, -0.2) is 14.6 Å². The first kappa shape index (κ1) is 24.4. The van der Waals surface area contributed by atoms with E-state index in [2.05, 4.69) is 39.3 Å². The number of nitrogens with zero attached hydrogens (tertiary/aromatic N) is 6. The number of carbonyl (C=O) groups excluding carboxylic acids is 1. The van der Waals surface area contributed by atoms with Gasteiger partial charge in [0.25, 0.3) is 11.9 Å². The van der Waals surface area contributed by atoms with E-state index in [0.717, 1.165) is 42.3 Å². The van der Waals surface area contributed by atoms with Crippen LogP contribution < -0.4 is 4.74 Å². The first-order valence-corrected chi connectivity index (χ1v) is 12.4. The van der Waals surface area contributed by atoms with E-state index in [1.807, 2.05) is 60.4 Å². The largest absolute Gasteiger partial charge is 0.497 e. The van der Waals surface area contributed by atoms with Gasteiger partial charge in [-0.15, -0.1) is 0 Å². The molecule has 4 aromatic rings. The molecule has 0 aliphatic carbocycles. The Morgan fingerprint density at radius 2 is 1.84 bits per heavy atom. The van der Waals surface area contributed by atoms with Gasteiger partial charge in [0.1, 0.15) is 5.75 Å². The van der Waals surface area contributed by atoms with Crippen LogP contribution in [0.4, 0.5) is 0 Å². The number of ether oxygens (including phenoxy) is 1. The molecular weight excluding hydrogens is 464 g/mol. The van der Waals surface area contributed by atoms with E-state index in [1.54, 1.807) is 24.2 Å². The zero-order valence-corrected chi connectivity index (χ0v) is 21.1. The van der Waals surface area contributed by atoms with Crippen molar-refractivity contribution in [3.8, 4) is 23.0 Å². The van der Waals surface area contributed by atoms with Crippen LogP contribution >= 0.6 is 0 Å².